The van der Waals surface area contributed by atoms with Crippen LogP contribution < -0.4 is 11.1 Å². The SMILES string of the molecule is Cn1ccc(CNCCCN)c1. The first-order valence-electron chi connectivity index (χ1n) is 4.34. The van der Waals surface area contributed by atoms with Crippen LogP contribution in [0.2, 0.25) is 0 Å². The Hall–Kier alpha value is -0.800. The number of nitrogens with one attached hydrogen (secondary N) is 1. The minimum Gasteiger partial charge on any atom is -0.357 e. The van der Waals surface area contributed by atoms with Gasteiger partial charge in [0.1, 0.15) is 0 Å². The van der Waals surface area contributed by atoms with Gasteiger partial charge in [0.05, 0.1) is 0 Å². The number of hydrogen-bond donors (Lipinski definition) is 2. The van der Waals surface area contributed by atoms with E-state index >= 15 is 0 Å². The lowest BCUT2D eigenvalue weighted by atomic mass is 10.3. The van der Waals surface area contributed by atoms with Crippen LogP contribution >= 0.6 is 0 Å². The zero-order valence-corrected chi connectivity index (χ0v) is 7.59. The van der Waals surface area contributed by atoms with Crippen molar-refractivity contribution in [2.75, 3.05) is 13.1 Å². The summed E-state index contributed by atoms with van der Waals surface area (Å²) in [6.07, 6.45) is 5.22. The fourth-order valence-electron chi connectivity index (χ4n) is 1.13. The van der Waals surface area contributed by atoms with Gasteiger partial charge in [-0.1, -0.05) is 0 Å². The summed E-state index contributed by atoms with van der Waals surface area (Å²) in [6, 6.07) is 2.12. The average Bonchev–Trinajstić information content (AvgIpc) is 2.45. The molecule has 1 rings (SSSR count). The zero-order chi connectivity index (χ0) is 8.81. The summed E-state index contributed by atoms with van der Waals surface area (Å²) in [5.74, 6) is 0. The molecule has 0 atom stereocenters. The van der Waals surface area contributed by atoms with Crippen molar-refractivity contribution < 1.29 is 0 Å². The maximum absolute atomic E-state index is 5.37. The summed E-state index contributed by atoms with van der Waals surface area (Å²) >= 11 is 0. The second kappa shape index (κ2) is 4.95. The Labute approximate surface area is 73.6 Å². The van der Waals surface area contributed by atoms with E-state index in [1.807, 2.05) is 7.05 Å². The highest BCUT2D eigenvalue weighted by Crippen LogP contribution is 1.97. The molecule has 12 heavy (non-hydrogen) atoms. The molecule has 1 aromatic rings. The van der Waals surface area contributed by atoms with Crippen LogP contribution in [0.5, 0.6) is 0 Å². The predicted molar refractivity (Wildman–Crippen MR) is 50.8 cm³/mol. The Morgan fingerprint density at radius 1 is 1.58 bits per heavy atom. The van der Waals surface area contributed by atoms with E-state index < -0.39 is 0 Å². The van der Waals surface area contributed by atoms with Gasteiger partial charge < -0.3 is 15.6 Å². The molecule has 0 aliphatic heterocycles. The van der Waals surface area contributed by atoms with Gasteiger partial charge in [0.25, 0.3) is 0 Å². The fourth-order valence-corrected chi connectivity index (χ4v) is 1.13. The third-order valence-electron chi connectivity index (χ3n) is 1.78. The highest BCUT2D eigenvalue weighted by molar-refractivity contribution is 5.09. The molecule has 0 aliphatic carbocycles. The lowest BCUT2D eigenvalue weighted by Gasteiger charge is -2.00. The van der Waals surface area contributed by atoms with Crippen LogP contribution in [0.25, 0.3) is 0 Å². The molecule has 0 amide bonds. The lowest BCUT2D eigenvalue weighted by Crippen LogP contribution is -2.17. The second-order valence-electron chi connectivity index (χ2n) is 3.00. The van der Waals surface area contributed by atoms with Crippen molar-refractivity contribution >= 4 is 0 Å². The van der Waals surface area contributed by atoms with E-state index in [1.165, 1.54) is 5.56 Å². The maximum Gasteiger partial charge on any atom is 0.0220 e. The molecular weight excluding hydrogens is 150 g/mol. The first-order valence-corrected chi connectivity index (χ1v) is 4.34. The summed E-state index contributed by atoms with van der Waals surface area (Å²) in [6.45, 7) is 2.72. The summed E-state index contributed by atoms with van der Waals surface area (Å²) in [7, 11) is 2.03. The first kappa shape index (κ1) is 9.29. The number of nitrogens with two attached hydrogens (primary N) is 1. The molecule has 1 heterocycles. The Kier molecular flexibility index (Phi) is 3.84. The molecule has 3 heteroatoms. The highest BCUT2D eigenvalue weighted by Gasteiger charge is 1.92. The molecular formula is C9H17N3. The number of rotatable bonds is 5. The molecule has 0 spiro atoms. The summed E-state index contributed by atoms with van der Waals surface area (Å²) in [5, 5.41) is 3.32. The third-order valence-corrected chi connectivity index (χ3v) is 1.78. The van der Waals surface area contributed by atoms with Crippen molar-refractivity contribution in [2.45, 2.75) is 13.0 Å². The van der Waals surface area contributed by atoms with Gasteiger partial charge in [-0.05, 0) is 31.1 Å². The van der Waals surface area contributed by atoms with E-state index in [2.05, 4.69) is 28.3 Å². The van der Waals surface area contributed by atoms with Crippen LogP contribution in [0.1, 0.15) is 12.0 Å². The van der Waals surface area contributed by atoms with Crippen LogP contribution in [0.15, 0.2) is 18.5 Å². The summed E-state index contributed by atoms with van der Waals surface area (Å²) in [4.78, 5) is 0. The summed E-state index contributed by atoms with van der Waals surface area (Å²) in [5.41, 5.74) is 6.70. The van der Waals surface area contributed by atoms with Crippen molar-refractivity contribution in [3.8, 4) is 0 Å². The molecule has 3 N–H and O–H groups in total. The average molecular weight is 167 g/mol. The van der Waals surface area contributed by atoms with Gasteiger partial charge in [-0.3, -0.25) is 0 Å². The fraction of sp³-hybridized carbons (Fsp3) is 0.556. The quantitative estimate of drug-likeness (QED) is 0.626. The van der Waals surface area contributed by atoms with Crippen LogP contribution in [0.4, 0.5) is 0 Å². The van der Waals surface area contributed by atoms with Crippen LogP contribution in [0, 0.1) is 0 Å². The number of nitrogens with zero attached hydrogens (tertiary/aromatic N) is 1. The van der Waals surface area contributed by atoms with Gasteiger partial charge in [-0.15, -0.1) is 0 Å². The van der Waals surface area contributed by atoms with E-state index in [1.54, 1.807) is 0 Å². The van der Waals surface area contributed by atoms with Crippen LogP contribution in [-0.2, 0) is 13.6 Å². The first-order chi connectivity index (χ1) is 5.83. The molecule has 0 unspecified atom stereocenters. The largest absolute Gasteiger partial charge is 0.357 e. The van der Waals surface area contributed by atoms with Gasteiger partial charge in [-0.2, -0.15) is 0 Å². The van der Waals surface area contributed by atoms with Gasteiger partial charge in [-0.25, -0.2) is 0 Å². The Balaban J connectivity index is 2.15. The predicted octanol–water partition coefficient (Wildman–Crippen LogP) is 0.464. The van der Waals surface area contributed by atoms with E-state index in [0.717, 1.165) is 26.1 Å². The number of hydrogen-bond acceptors (Lipinski definition) is 2. The van der Waals surface area contributed by atoms with Crippen molar-refractivity contribution in [3.63, 3.8) is 0 Å². The normalized spacial score (nSPS) is 10.5. The van der Waals surface area contributed by atoms with Gasteiger partial charge >= 0.3 is 0 Å². The molecule has 3 nitrogen and oxygen atoms in total. The van der Waals surface area contributed by atoms with Gasteiger partial charge in [0.2, 0.25) is 0 Å². The minimum atomic E-state index is 0.766. The van der Waals surface area contributed by atoms with E-state index in [9.17, 15) is 0 Å². The standard InChI is InChI=1S/C9H17N3/c1-12-6-3-9(8-12)7-11-5-2-4-10/h3,6,8,11H,2,4-5,7,10H2,1H3. The molecule has 0 fully saturated rings. The Bertz CT molecular complexity index is 217. The van der Waals surface area contributed by atoms with Crippen LogP contribution in [0.3, 0.4) is 0 Å². The zero-order valence-electron chi connectivity index (χ0n) is 7.59. The third kappa shape index (κ3) is 3.07. The lowest BCUT2D eigenvalue weighted by molar-refractivity contribution is 0.655. The second-order valence-corrected chi connectivity index (χ2v) is 3.00. The minimum absolute atomic E-state index is 0.766. The van der Waals surface area contributed by atoms with E-state index in [4.69, 9.17) is 5.73 Å². The molecule has 0 aliphatic rings. The Morgan fingerprint density at radius 3 is 3.00 bits per heavy atom. The van der Waals surface area contributed by atoms with Crippen molar-refractivity contribution in [1.29, 1.82) is 0 Å². The molecule has 0 bridgehead atoms. The smallest absolute Gasteiger partial charge is 0.0220 e. The van der Waals surface area contributed by atoms with Gasteiger partial charge in [0.15, 0.2) is 0 Å². The molecule has 0 saturated heterocycles. The molecule has 0 aromatic carbocycles. The van der Waals surface area contributed by atoms with Crippen molar-refractivity contribution in [2.24, 2.45) is 12.8 Å². The molecule has 0 radical (unpaired) electrons. The van der Waals surface area contributed by atoms with E-state index in [0.29, 0.717) is 0 Å². The van der Waals surface area contributed by atoms with Crippen molar-refractivity contribution in [3.05, 3.63) is 24.0 Å². The Morgan fingerprint density at radius 2 is 2.42 bits per heavy atom. The topological polar surface area (TPSA) is 43.0 Å². The summed E-state index contributed by atoms with van der Waals surface area (Å²) < 4.78 is 2.06. The number of aryl methyl sites for hydroxylation is 1. The van der Waals surface area contributed by atoms with E-state index in [-0.39, 0.29) is 0 Å². The highest BCUT2D eigenvalue weighted by atomic mass is 14.9. The number of aromatic nitrogens is 1. The molecule has 0 saturated carbocycles. The molecule has 1 aromatic heterocycles. The van der Waals surface area contributed by atoms with Gasteiger partial charge in [0, 0.05) is 26.0 Å². The maximum atomic E-state index is 5.37. The van der Waals surface area contributed by atoms with Crippen molar-refractivity contribution in [1.82, 2.24) is 9.88 Å². The van der Waals surface area contributed by atoms with Crippen LogP contribution in [-0.4, -0.2) is 17.7 Å². The molecule has 68 valence electrons. The monoisotopic (exact) mass is 167 g/mol.